The Labute approximate surface area is 98.4 Å². The van der Waals surface area contributed by atoms with Crippen molar-refractivity contribution in [2.45, 2.75) is 0 Å². The van der Waals surface area contributed by atoms with E-state index in [-0.39, 0.29) is 0 Å². The Balaban J connectivity index is 2.09. The summed E-state index contributed by atoms with van der Waals surface area (Å²) in [5.74, 6) is 0.485. The summed E-state index contributed by atoms with van der Waals surface area (Å²) in [6, 6.07) is 0. The van der Waals surface area contributed by atoms with E-state index < -0.39 is 11.9 Å². The summed E-state index contributed by atoms with van der Waals surface area (Å²) < 4.78 is 4.86. The molecule has 6 heteroatoms. The molecule has 0 saturated carbocycles. The number of carbonyl (C=O) groups excluding carboxylic acids is 1. The van der Waals surface area contributed by atoms with Crippen LogP contribution in [0.2, 0.25) is 0 Å². The molecule has 0 bridgehead atoms. The molecule has 1 N–H and O–H groups in total. The molecule has 0 amide bonds. The van der Waals surface area contributed by atoms with Crippen LogP contribution >= 0.6 is 11.8 Å². The maximum Gasteiger partial charge on any atom is 0.331 e. The molecule has 0 radical (unpaired) electrons. The number of hydrogen-bond donors (Lipinski definition) is 1. The van der Waals surface area contributed by atoms with Gasteiger partial charge in [-0.1, -0.05) is 0 Å². The summed E-state index contributed by atoms with van der Waals surface area (Å²) in [5.41, 5.74) is 0. The van der Waals surface area contributed by atoms with Gasteiger partial charge in [0.2, 0.25) is 0 Å². The Morgan fingerprint density at radius 3 is 2.62 bits per heavy atom. The predicted octanol–water partition coefficient (Wildman–Crippen LogP) is 0.219. The van der Waals surface area contributed by atoms with Crippen molar-refractivity contribution in [3.63, 3.8) is 0 Å². The highest BCUT2D eigenvalue weighted by molar-refractivity contribution is 7.99. The monoisotopic (exact) mass is 245 g/mol. The number of esters is 1. The second-order valence-electron chi connectivity index (χ2n) is 3.29. The third-order valence-electron chi connectivity index (χ3n) is 2.12. The Morgan fingerprint density at radius 2 is 2.00 bits per heavy atom. The fourth-order valence-corrected chi connectivity index (χ4v) is 2.27. The first-order chi connectivity index (χ1) is 7.68. The van der Waals surface area contributed by atoms with E-state index in [2.05, 4.69) is 4.90 Å². The quantitative estimate of drug-likeness (QED) is 0.552. The lowest BCUT2D eigenvalue weighted by molar-refractivity contribution is -0.139. The van der Waals surface area contributed by atoms with Gasteiger partial charge in [-0.3, -0.25) is 4.90 Å². The molecule has 0 spiro atoms. The van der Waals surface area contributed by atoms with Crippen LogP contribution in [0.15, 0.2) is 12.2 Å². The van der Waals surface area contributed by atoms with Gasteiger partial charge in [-0.2, -0.15) is 11.8 Å². The van der Waals surface area contributed by atoms with Crippen molar-refractivity contribution in [1.29, 1.82) is 0 Å². The number of ether oxygens (including phenoxy) is 1. The van der Waals surface area contributed by atoms with E-state index in [1.54, 1.807) is 0 Å². The van der Waals surface area contributed by atoms with Crippen LogP contribution in [0, 0.1) is 0 Å². The fraction of sp³-hybridized carbons (Fsp3) is 0.600. The van der Waals surface area contributed by atoms with E-state index >= 15 is 0 Å². The summed E-state index contributed by atoms with van der Waals surface area (Å²) in [6.45, 7) is 3.07. The number of rotatable bonds is 5. The van der Waals surface area contributed by atoms with E-state index in [1.165, 1.54) is 0 Å². The first-order valence-electron chi connectivity index (χ1n) is 5.06. The minimum absolute atomic E-state index is 0.313. The third kappa shape index (κ3) is 5.77. The maximum absolute atomic E-state index is 11.0. The molecule has 5 nitrogen and oxygen atoms in total. The zero-order valence-electron chi connectivity index (χ0n) is 8.92. The molecular formula is C10H15NO4S. The Kier molecular flexibility index (Phi) is 5.95. The van der Waals surface area contributed by atoms with E-state index in [0.29, 0.717) is 13.2 Å². The number of nitrogens with zero attached hydrogens (tertiary/aromatic N) is 1. The first kappa shape index (κ1) is 13.1. The van der Waals surface area contributed by atoms with Crippen LogP contribution in [0.4, 0.5) is 0 Å². The highest BCUT2D eigenvalue weighted by Gasteiger charge is 2.10. The SMILES string of the molecule is O=C(O)C=CC(=O)OCCN1CCSCC1. The second kappa shape index (κ2) is 7.29. The van der Waals surface area contributed by atoms with Gasteiger partial charge in [-0.05, 0) is 0 Å². The molecule has 1 heterocycles. The number of carboxylic acids is 1. The molecule has 1 aliphatic rings. The molecule has 0 aromatic rings. The van der Waals surface area contributed by atoms with Gasteiger partial charge in [0, 0.05) is 43.3 Å². The number of aliphatic carboxylic acids is 1. The lowest BCUT2D eigenvalue weighted by Crippen LogP contribution is -2.35. The smallest absolute Gasteiger partial charge is 0.331 e. The number of carboxylic acid groups (broad SMARTS) is 1. The number of carbonyl (C=O) groups is 2. The van der Waals surface area contributed by atoms with E-state index in [0.717, 1.165) is 36.7 Å². The standard InChI is InChI=1S/C10H15NO4S/c12-9(13)1-2-10(14)15-6-3-11-4-7-16-8-5-11/h1-2H,3-8H2,(H,12,13). The lowest BCUT2D eigenvalue weighted by atomic mass is 10.4. The number of hydrogen-bond acceptors (Lipinski definition) is 5. The average molecular weight is 245 g/mol. The van der Waals surface area contributed by atoms with Crippen molar-refractivity contribution in [3.05, 3.63) is 12.2 Å². The highest BCUT2D eigenvalue weighted by Crippen LogP contribution is 2.08. The molecule has 16 heavy (non-hydrogen) atoms. The Morgan fingerprint density at radius 1 is 1.31 bits per heavy atom. The summed E-state index contributed by atoms with van der Waals surface area (Å²) in [6.07, 6.45) is 1.70. The Hall–Kier alpha value is -1.01. The molecule has 0 unspecified atom stereocenters. The van der Waals surface area contributed by atoms with Gasteiger partial charge >= 0.3 is 11.9 Å². The van der Waals surface area contributed by atoms with Crippen molar-refractivity contribution in [1.82, 2.24) is 4.90 Å². The molecule has 0 atom stereocenters. The van der Waals surface area contributed by atoms with Crippen LogP contribution in [-0.2, 0) is 14.3 Å². The van der Waals surface area contributed by atoms with Crippen LogP contribution in [0.3, 0.4) is 0 Å². The van der Waals surface area contributed by atoms with Gasteiger partial charge in [0.05, 0.1) is 0 Å². The normalized spacial score (nSPS) is 17.5. The predicted molar refractivity (Wildman–Crippen MR) is 61.5 cm³/mol. The van der Waals surface area contributed by atoms with Gasteiger partial charge in [0.1, 0.15) is 6.61 Å². The molecule has 90 valence electrons. The minimum atomic E-state index is -1.15. The van der Waals surface area contributed by atoms with E-state index in [9.17, 15) is 9.59 Å². The minimum Gasteiger partial charge on any atom is -0.478 e. The summed E-state index contributed by atoms with van der Waals surface area (Å²) in [5, 5.41) is 8.29. The summed E-state index contributed by atoms with van der Waals surface area (Å²) >= 11 is 1.92. The second-order valence-corrected chi connectivity index (χ2v) is 4.52. The summed E-state index contributed by atoms with van der Waals surface area (Å²) in [7, 11) is 0. The van der Waals surface area contributed by atoms with Crippen LogP contribution in [0.5, 0.6) is 0 Å². The fourth-order valence-electron chi connectivity index (χ4n) is 1.29. The molecule has 1 saturated heterocycles. The van der Waals surface area contributed by atoms with Crippen molar-refractivity contribution in [2.75, 3.05) is 37.7 Å². The highest BCUT2D eigenvalue weighted by atomic mass is 32.2. The zero-order valence-corrected chi connectivity index (χ0v) is 9.74. The van der Waals surface area contributed by atoms with Gasteiger partial charge in [-0.15, -0.1) is 0 Å². The molecule has 0 aliphatic carbocycles. The zero-order chi connectivity index (χ0) is 11.8. The molecular weight excluding hydrogens is 230 g/mol. The third-order valence-corrected chi connectivity index (χ3v) is 3.06. The summed E-state index contributed by atoms with van der Waals surface area (Å²) in [4.78, 5) is 23.3. The Bertz CT molecular complexity index is 274. The lowest BCUT2D eigenvalue weighted by Gasteiger charge is -2.25. The van der Waals surface area contributed by atoms with Crippen molar-refractivity contribution in [3.8, 4) is 0 Å². The van der Waals surface area contributed by atoms with Crippen molar-refractivity contribution >= 4 is 23.7 Å². The van der Waals surface area contributed by atoms with Crippen molar-refractivity contribution in [2.24, 2.45) is 0 Å². The van der Waals surface area contributed by atoms with Gasteiger partial charge in [0.25, 0.3) is 0 Å². The molecule has 1 aliphatic heterocycles. The van der Waals surface area contributed by atoms with Gasteiger partial charge in [-0.25, -0.2) is 9.59 Å². The van der Waals surface area contributed by atoms with Crippen LogP contribution in [0.25, 0.3) is 0 Å². The van der Waals surface area contributed by atoms with Gasteiger partial charge < -0.3 is 9.84 Å². The van der Waals surface area contributed by atoms with Crippen LogP contribution in [-0.4, -0.2) is 59.7 Å². The van der Waals surface area contributed by atoms with Crippen molar-refractivity contribution < 1.29 is 19.4 Å². The molecule has 1 rings (SSSR count). The molecule has 1 fully saturated rings. The van der Waals surface area contributed by atoms with Crippen LogP contribution in [0.1, 0.15) is 0 Å². The molecule has 0 aromatic heterocycles. The van der Waals surface area contributed by atoms with Crippen LogP contribution < -0.4 is 0 Å². The van der Waals surface area contributed by atoms with Gasteiger partial charge in [0.15, 0.2) is 0 Å². The molecule has 0 aromatic carbocycles. The van der Waals surface area contributed by atoms with E-state index in [4.69, 9.17) is 9.84 Å². The maximum atomic E-state index is 11.0. The first-order valence-corrected chi connectivity index (χ1v) is 6.22. The topological polar surface area (TPSA) is 66.8 Å². The average Bonchev–Trinajstić information content (AvgIpc) is 2.28. The largest absolute Gasteiger partial charge is 0.478 e. The van der Waals surface area contributed by atoms with E-state index in [1.807, 2.05) is 11.8 Å². The number of thioether (sulfide) groups is 1.